The van der Waals surface area contributed by atoms with Crippen molar-refractivity contribution in [1.82, 2.24) is 9.78 Å². The molecule has 0 aliphatic rings. The summed E-state index contributed by atoms with van der Waals surface area (Å²) in [6, 6.07) is 0.0643. The summed E-state index contributed by atoms with van der Waals surface area (Å²) < 4.78 is 1.59. The maximum absolute atomic E-state index is 11.7. The molecule has 0 saturated carbocycles. The number of nitrogens with two attached hydrogens (primary N) is 1. The van der Waals surface area contributed by atoms with Gasteiger partial charge in [-0.2, -0.15) is 5.10 Å². The molecule has 1 aromatic heterocycles. The lowest BCUT2D eigenvalue weighted by Crippen LogP contribution is -2.17. The number of carbonyl (C=O) groups excluding carboxylic acids is 1. The molecule has 1 heterocycles. The van der Waals surface area contributed by atoms with E-state index in [-0.39, 0.29) is 11.8 Å². The van der Waals surface area contributed by atoms with E-state index in [1.54, 1.807) is 11.7 Å². The predicted molar refractivity (Wildman–Crippen MR) is 64.5 cm³/mol. The highest BCUT2D eigenvalue weighted by Crippen LogP contribution is 2.19. The Kier molecular flexibility index (Phi) is 4.50. The molecule has 4 nitrogen and oxygen atoms in total. The number of halogens is 1. The molecule has 5 heteroatoms. The number of ketones is 1. The van der Waals surface area contributed by atoms with Crippen LogP contribution in [-0.2, 0) is 18.3 Å². The fraction of sp³-hybridized carbons (Fsp3) is 0.636. The molecule has 1 aromatic rings. The highest BCUT2D eigenvalue weighted by molar-refractivity contribution is 6.30. The molecular weight excluding hydrogens is 226 g/mol. The molecule has 2 N–H and O–H groups in total. The van der Waals surface area contributed by atoms with Crippen molar-refractivity contribution in [3.05, 3.63) is 16.4 Å². The van der Waals surface area contributed by atoms with Crippen LogP contribution >= 0.6 is 11.6 Å². The molecule has 0 amide bonds. The number of aryl methyl sites for hydroxylation is 2. The fourth-order valence-electron chi connectivity index (χ4n) is 1.55. The lowest BCUT2D eigenvalue weighted by atomic mass is 10.0. The first-order chi connectivity index (χ1) is 7.41. The summed E-state index contributed by atoms with van der Waals surface area (Å²) in [5, 5.41) is 4.71. The Hall–Kier alpha value is -0.870. The molecule has 1 atom stereocenters. The van der Waals surface area contributed by atoms with E-state index in [0.717, 1.165) is 17.7 Å². The molecule has 0 aromatic carbocycles. The van der Waals surface area contributed by atoms with Crippen molar-refractivity contribution < 1.29 is 4.79 Å². The van der Waals surface area contributed by atoms with Gasteiger partial charge >= 0.3 is 0 Å². The number of hydrogen-bond acceptors (Lipinski definition) is 3. The predicted octanol–water partition coefficient (Wildman–Crippen LogP) is 1.62. The minimum absolute atomic E-state index is 0.0643. The second-order valence-electron chi connectivity index (χ2n) is 4.21. The molecule has 0 fully saturated rings. The monoisotopic (exact) mass is 243 g/mol. The van der Waals surface area contributed by atoms with Gasteiger partial charge in [-0.3, -0.25) is 9.48 Å². The molecule has 0 aliphatic carbocycles. The summed E-state index contributed by atoms with van der Waals surface area (Å²) in [5.74, 6) is 0.162. The maximum Gasteiger partial charge on any atom is 0.137 e. The number of nitrogens with zero attached hydrogens (tertiary/aromatic N) is 2. The van der Waals surface area contributed by atoms with Crippen LogP contribution in [-0.4, -0.2) is 21.6 Å². The Balaban J connectivity index is 2.63. The molecule has 0 spiro atoms. The van der Waals surface area contributed by atoms with Gasteiger partial charge in [-0.05, 0) is 20.3 Å². The van der Waals surface area contributed by atoms with Crippen LogP contribution in [0, 0.1) is 6.92 Å². The molecule has 0 aliphatic heterocycles. The minimum Gasteiger partial charge on any atom is -0.328 e. The summed E-state index contributed by atoms with van der Waals surface area (Å²) in [7, 11) is 1.77. The summed E-state index contributed by atoms with van der Waals surface area (Å²) in [5.41, 5.74) is 7.26. The van der Waals surface area contributed by atoms with Crippen molar-refractivity contribution in [3.63, 3.8) is 0 Å². The van der Waals surface area contributed by atoms with Crippen LogP contribution in [0.5, 0.6) is 0 Å². The van der Waals surface area contributed by atoms with E-state index in [0.29, 0.717) is 18.0 Å². The van der Waals surface area contributed by atoms with Crippen LogP contribution in [0.15, 0.2) is 0 Å². The summed E-state index contributed by atoms with van der Waals surface area (Å²) >= 11 is 6.04. The van der Waals surface area contributed by atoms with Gasteiger partial charge in [0.05, 0.1) is 5.69 Å². The second kappa shape index (κ2) is 5.46. The van der Waals surface area contributed by atoms with Crippen molar-refractivity contribution in [2.75, 3.05) is 0 Å². The van der Waals surface area contributed by atoms with Gasteiger partial charge in [0.25, 0.3) is 0 Å². The number of rotatable bonds is 5. The van der Waals surface area contributed by atoms with E-state index in [1.807, 2.05) is 13.8 Å². The van der Waals surface area contributed by atoms with E-state index in [9.17, 15) is 4.79 Å². The van der Waals surface area contributed by atoms with Crippen LogP contribution in [0.4, 0.5) is 0 Å². The number of Topliss-reactive ketones (excluding diaryl/α,β-unsaturated/α-hetero) is 1. The topological polar surface area (TPSA) is 60.9 Å². The van der Waals surface area contributed by atoms with Crippen LogP contribution in [0.3, 0.4) is 0 Å². The van der Waals surface area contributed by atoms with Crippen molar-refractivity contribution in [3.8, 4) is 0 Å². The number of aromatic nitrogens is 2. The van der Waals surface area contributed by atoms with Crippen molar-refractivity contribution >= 4 is 17.4 Å². The zero-order valence-corrected chi connectivity index (χ0v) is 10.7. The SMILES string of the molecule is Cc1nn(C)c(Cl)c1CC(=O)CCC(C)N. The van der Waals surface area contributed by atoms with Gasteiger partial charge in [0.15, 0.2) is 0 Å². The lowest BCUT2D eigenvalue weighted by Gasteiger charge is -2.04. The number of hydrogen-bond donors (Lipinski definition) is 1. The van der Waals surface area contributed by atoms with Gasteiger partial charge in [0.1, 0.15) is 10.9 Å². The highest BCUT2D eigenvalue weighted by Gasteiger charge is 2.14. The Bertz CT molecular complexity index is 385. The van der Waals surface area contributed by atoms with E-state index >= 15 is 0 Å². The molecular formula is C11H18ClN3O. The highest BCUT2D eigenvalue weighted by atomic mass is 35.5. The standard InChI is InChI=1S/C11H18ClN3O/c1-7(13)4-5-9(16)6-10-8(2)14-15(3)11(10)12/h7H,4-6,13H2,1-3H3. The zero-order valence-electron chi connectivity index (χ0n) is 9.96. The van der Waals surface area contributed by atoms with Gasteiger partial charge in [0, 0.05) is 31.5 Å². The van der Waals surface area contributed by atoms with E-state index in [1.165, 1.54) is 0 Å². The molecule has 0 radical (unpaired) electrons. The quantitative estimate of drug-likeness (QED) is 0.855. The van der Waals surface area contributed by atoms with E-state index in [2.05, 4.69) is 5.10 Å². The lowest BCUT2D eigenvalue weighted by molar-refractivity contribution is -0.118. The third-order valence-corrected chi connectivity index (χ3v) is 3.00. The van der Waals surface area contributed by atoms with Crippen LogP contribution in [0.2, 0.25) is 5.15 Å². The fourth-order valence-corrected chi connectivity index (χ4v) is 1.79. The van der Waals surface area contributed by atoms with Crippen molar-refractivity contribution in [1.29, 1.82) is 0 Å². The average molecular weight is 244 g/mol. The second-order valence-corrected chi connectivity index (χ2v) is 4.57. The van der Waals surface area contributed by atoms with Gasteiger partial charge in [-0.1, -0.05) is 11.6 Å². The first-order valence-corrected chi connectivity index (χ1v) is 5.75. The third kappa shape index (κ3) is 3.32. The molecule has 90 valence electrons. The Morgan fingerprint density at radius 3 is 2.69 bits per heavy atom. The molecule has 0 bridgehead atoms. The summed E-state index contributed by atoms with van der Waals surface area (Å²) in [4.78, 5) is 11.7. The first kappa shape index (κ1) is 13.2. The first-order valence-electron chi connectivity index (χ1n) is 5.37. The van der Waals surface area contributed by atoms with Crippen molar-refractivity contribution in [2.45, 2.75) is 39.2 Å². The van der Waals surface area contributed by atoms with Crippen LogP contribution in [0.1, 0.15) is 31.0 Å². The van der Waals surface area contributed by atoms with Gasteiger partial charge < -0.3 is 5.73 Å². The molecule has 1 rings (SSSR count). The maximum atomic E-state index is 11.7. The Morgan fingerprint density at radius 2 is 2.25 bits per heavy atom. The van der Waals surface area contributed by atoms with E-state index < -0.39 is 0 Å². The summed E-state index contributed by atoms with van der Waals surface area (Å²) in [6.45, 7) is 3.76. The normalized spacial score (nSPS) is 12.8. The number of carbonyl (C=O) groups is 1. The largest absolute Gasteiger partial charge is 0.328 e. The molecule has 1 unspecified atom stereocenters. The zero-order chi connectivity index (χ0) is 12.3. The summed E-state index contributed by atoms with van der Waals surface area (Å²) in [6.07, 6.45) is 1.57. The van der Waals surface area contributed by atoms with Crippen molar-refractivity contribution in [2.24, 2.45) is 12.8 Å². The third-order valence-electron chi connectivity index (χ3n) is 2.52. The smallest absolute Gasteiger partial charge is 0.137 e. The van der Waals surface area contributed by atoms with Crippen LogP contribution < -0.4 is 5.73 Å². The Morgan fingerprint density at radius 1 is 1.62 bits per heavy atom. The molecule has 16 heavy (non-hydrogen) atoms. The molecule has 0 saturated heterocycles. The van der Waals surface area contributed by atoms with Gasteiger partial charge in [0.2, 0.25) is 0 Å². The van der Waals surface area contributed by atoms with Gasteiger partial charge in [-0.25, -0.2) is 0 Å². The minimum atomic E-state index is 0.0643. The van der Waals surface area contributed by atoms with Gasteiger partial charge in [-0.15, -0.1) is 0 Å². The average Bonchev–Trinajstić information content (AvgIpc) is 2.42. The van der Waals surface area contributed by atoms with Crippen LogP contribution in [0.25, 0.3) is 0 Å². The Labute approximate surface area is 101 Å². The van der Waals surface area contributed by atoms with E-state index in [4.69, 9.17) is 17.3 Å².